The smallest absolute Gasteiger partial charge is 0.185 e. The van der Waals surface area contributed by atoms with Gasteiger partial charge in [0.15, 0.2) is 15.6 Å². The number of hydrogen-bond donors (Lipinski definition) is 0. The lowest BCUT2D eigenvalue weighted by Gasteiger charge is -2.44. The third-order valence-electron chi connectivity index (χ3n) is 6.00. The highest BCUT2D eigenvalue weighted by molar-refractivity contribution is 7.93. The van der Waals surface area contributed by atoms with Gasteiger partial charge in [-0.15, -0.1) is 0 Å². The molecule has 0 aromatic heterocycles. The molecule has 6 heteroatoms. The average Bonchev–Trinajstić information content (AvgIpc) is 3.07. The van der Waals surface area contributed by atoms with Crippen LogP contribution in [0.3, 0.4) is 0 Å². The zero-order valence-electron chi connectivity index (χ0n) is 13.6. The monoisotopic (exact) mass is 337 g/mol. The van der Waals surface area contributed by atoms with Gasteiger partial charge in [-0.3, -0.25) is 4.90 Å². The molecule has 0 N–H and O–H groups in total. The van der Waals surface area contributed by atoms with E-state index in [4.69, 9.17) is 9.47 Å². The second-order valence-electron chi connectivity index (χ2n) is 7.08. The molecule has 2 bridgehead atoms. The van der Waals surface area contributed by atoms with Gasteiger partial charge < -0.3 is 9.47 Å². The van der Waals surface area contributed by atoms with Gasteiger partial charge in [-0.2, -0.15) is 0 Å². The topological polar surface area (TPSA) is 55.8 Å². The molecule has 3 heterocycles. The van der Waals surface area contributed by atoms with E-state index in [-0.39, 0.29) is 12.1 Å². The third-order valence-corrected chi connectivity index (χ3v) is 8.56. The highest BCUT2D eigenvalue weighted by atomic mass is 32.2. The second-order valence-corrected chi connectivity index (χ2v) is 9.49. The first-order chi connectivity index (χ1) is 10.9. The van der Waals surface area contributed by atoms with Crippen molar-refractivity contribution in [1.29, 1.82) is 0 Å². The number of fused-ring (bicyclic) bond motifs is 3. The molecule has 3 atom stereocenters. The first-order valence-electron chi connectivity index (χ1n) is 8.20. The maximum Gasteiger partial charge on any atom is 0.185 e. The Balaban J connectivity index is 1.76. The Morgan fingerprint density at radius 2 is 1.78 bits per heavy atom. The minimum absolute atomic E-state index is 0.00358. The number of nitrogens with zero attached hydrogens (tertiary/aromatic N) is 1. The molecule has 3 aliphatic heterocycles. The molecule has 0 amide bonds. The summed E-state index contributed by atoms with van der Waals surface area (Å²) in [6, 6.07) is 8.79. The van der Waals surface area contributed by atoms with E-state index >= 15 is 0 Å². The second kappa shape index (κ2) is 5.02. The molecule has 1 aromatic rings. The lowest BCUT2D eigenvalue weighted by Crippen LogP contribution is -2.56. The highest BCUT2D eigenvalue weighted by Gasteiger charge is 2.65. The van der Waals surface area contributed by atoms with Crippen molar-refractivity contribution in [3.8, 4) is 0 Å². The van der Waals surface area contributed by atoms with E-state index in [9.17, 15) is 8.42 Å². The molecular weight excluding hydrogens is 314 g/mol. The summed E-state index contributed by atoms with van der Waals surface area (Å²) >= 11 is 0. The maximum absolute atomic E-state index is 13.3. The van der Waals surface area contributed by atoms with Crippen LogP contribution in [0.5, 0.6) is 0 Å². The minimum atomic E-state index is -3.42. The van der Waals surface area contributed by atoms with Crippen LogP contribution in [0.1, 0.15) is 26.2 Å². The number of rotatable bonds is 2. The van der Waals surface area contributed by atoms with E-state index in [0.717, 1.165) is 12.8 Å². The fraction of sp³-hybridized carbons (Fsp3) is 0.647. The van der Waals surface area contributed by atoms with Crippen molar-refractivity contribution in [1.82, 2.24) is 4.90 Å². The summed E-state index contributed by atoms with van der Waals surface area (Å²) in [4.78, 5) is 2.58. The summed E-state index contributed by atoms with van der Waals surface area (Å²) in [6.45, 7) is 3.08. The van der Waals surface area contributed by atoms with Gasteiger partial charge in [-0.1, -0.05) is 18.2 Å². The van der Waals surface area contributed by atoms with Crippen LogP contribution in [0.4, 0.5) is 0 Å². The summed E-state index contributed by atoms with van der Waals surface area (Å²) < 4.78 is 37.7. The molecule has 23 heavy (non-hydrogen) atoms. The Morgan fingerprint density at radius 1 is 1.13 bits per heavy atom. The van der Waals surface area contributed by atoms with Gasteiger partial charge in [0.05, 0.1) is 28.9 Å². The van der Waals surface area contributed by atoms with Crippen LogP contribution >= 0.6 is 0 Å². The number of ether oxygens (including phenoxy) is 2. The summed E-state index contributed by atoms with van der Waals surface area (Å²) in [5.41, 5.74) is 0. The number of hydrogen-bond acceptors (Lipinski definition) is 5. The lowest BCUT2D eigenvalue weighted by molar-refractivity contribution is -0.215. The molecule has 5 nitrogen and oxygen atoms in total. The molecular formula is C17H23NO4S. The molecule has 0 saturated carbocycles. The summed E-state index contributed by atoms with van der Waals surface area (Å²) in [5.74, 6) is -0.616. The fourth-order valence-electron chi connectivity index (χ4n) is 4.76. The van der Waals surface area contributed by atoms with Gasteiger partial charge in [0, 0.05) is 12.5 Å². The highest BCUT2D eigenvalue weighted by Crippen LogP contribution is 2.52. The number of likely N-dealkylation sites (N-methyl/N-ethyl adjacent to an activating group) is 1. The van der Waals surface area contributed by atoms with E-state index in [1.165, 1.54) is 0 Å². The van der Waals surface area contributed by atoms with Crippen LogP contribution < -0.4 is 0 Å². The van der Waals surface area contributed by atoms with Gasteiger partial charge in [0.25, 0.3) is 0 Å². The van der Waals surface area contributed by atoms with Crippen LogP contribution in [-0.2, 0) is 19.3 Å². The predicted octanol–water partition coefficient (Wildman–Crippen LogP) is 1.83. The lowest BCUT2D eigenvalue weighted by atomic mass is 9.96. The quantitative estimate of drug-likeness (QED) is 0.824. The molecule has 1 spiro atoms. The standard InChI is InChI=1S/C17H23NO4S/c1-16(23(19,20)13-6-4-3-5-7-13)12-15-17(21-10-11-22-17)9-8-14(16)18(15)2/h3-7,14-15H,8-12H2,1-2H3/t14-,15-,16?/m1/s1. The van der Waals surface area contributed by atoms with E-state index < -0.39 is 20.4 Å². The fourth-order valence-corrected chi connectivity index (χ4v) is 6.83. The van der Waals surface area contributed by atoms with E-state index in [1.54, 1.807) is 24.3 Å². The van der Waals surface area contributed by atoms with Crippen molar-refractivity contribution in [3.63, 3.8) is 0 Å². The first-order valence-corrected chi connectivity index (χ1v) is 9.69. The van der Waals surface area contributed by atoms with Crippen LogP contribution in [-0.4, -0.2) is 56.2 Å². The molecule has 3 fully saturated rings. The van der Waals surface area contributed by atoms with Gasteiger partial charge >= 0.3 is 0 Å². The Kier molecular flexibility index (Phi) is 3.40. The SMILES string of the molecule is CN1[C@@H]2CC(C)(S(=O)(=O)c3ccccc3)[C@H]1CCC21OCCO1. The van der Waals surface area contributed by atoms with Gasteiger partial charge in [0.1, 0.15) is 0 Å². The average molecular weight is 337 g/mol. The van der Waals surface area contributed by atoms with Gasteiger partial charge in [0.2, 0.25) is 0 Å². The van der Waals surface area contributed by atoms with Crippen molar-refractivity contribution in [2.24, 2.45) is 0 Å². The van der Waals surface area contributed by atoms with Crippen molar-refractivity contribution in [3.05, 3.63) is 30.3 Å². The van der Waals surface area contributed by atoms with Crippen LogP contribution in [0.2, 0.25) is 0 Å². The Labute approximate surface area is 137 Å². The van der Waals surface area contributed by atoms with Gasteiger partial charge in [-0.25, -0.2) is 8.42 Å². The summed E-state index contributed by atoms with van der Waals surface area (Å²) in [6.07, 6.45) is 2.09. The van der Waals surface area contributed by atoms with E-state index in [2.05, 4.69) is 4.90 Å². The summed E-state index contributed by atoms with van der Waals surface area (Å²) in [5, 5.41) is 0. The number of sulfone groups is 1. The van der Waals surface area contributed by atoms with Crippen molar-refractivity contribution >= 4 is 9.84 Å². The number of benzene rings is 1. The Hall–Kier alpha value is -0.950. The van der Waals surface area contributed by atoms with Crippen molar-refractivity contribution in [2.75, 3.05) is 20.3 Å². The largest absolute Gasteiger partial charge is 0.346 e. The summed E-state index contributed by atoms with van der Waals surface area (Å²) in [7, 11) is -1.42. The molecule has 1 unspecified atom stereocenters. The molecule has 126 valence electrons. The molecule has 1 aromatic carbocycles. The Morgan fingerprint density at radius 3 is 2.43 bits per heavy atom. The maximum atomic E-state index is 13.3. The molecule has 4 rings (SSSR count). The molecule has 3 aliphatic rings. The van der Waals surface area contributed by atoms with Gasteiger partial charge in [-0.05, 0) is 38.9 Å². The van der Waals surface area contributed by atoms with Crippen LogP contribution in [0.15, 0.2) is 35.2 Å². The van der Waals surface area contributed by atoms with E-state index in [1.807, 2.05) is 20.0 Å². The molecule has 0 radical (unpaired) electrons. The third kappa shape index (κ3) is 1.98. The minimum Gasteiger partial charge on any atom is -0.346 e. The molecule has 0 aliphatic carbocycles. The number of piperidine rings is 1. The van der Waals surface area contributed by atoms with Crippen molar-refractivity contribution in [2.45, 2.75) is 53.7 Å². The van der Waals surface area contributed by atoms with Crippen molar-refractivity contribution < 1.29 is 17.9 Å². The predicted molar refractivity (Wildman–Crippen MR) is 85.9 cm³/mol. The Bertz CT molecular complexity index is 699. The zero-order chi connectivity index (χ0) is 16.3. The molecule has 3 saturated heterocycles. The van der Waals surface area contributed by atoms with E-state index in [0.29, 0.717) is 24.5 Å². The van der Waals surface area contributed by atoms with Crippen LogP contribution in [0.25, 0.3) is 0 Å². The normalized spacial score (nSPS) is 36.6. The zero-order valence-corrected chi connectivity index (χ0v) is 14.4. The van der Waals surface area contributed by atoms with Crippen LogP contribution in [0, 0.1) is 0 Å². The first kappa shape index (κ1) is 15.6.